The summed E-state index contributed by atoms with van der Waals surface area (Å²) in [4.78, 5) is 47.4. The molecule has 1 fully saturated rings. The van der Waals surface area contributed by atoms with Crippen LogP contribution in [0.1, 0.15) is 54.4 Å². The smallest absolute Gasteiger partial charge is 0.336 e. The van der Waals surface area contributed by atoms with Crippen molar-refractivity contribution in [3.05, 3.63) is 77.9 Å². The van der Waals surface area contributed by atoms with E-state index < -0.39 is 23.3 Å². The molecule has 3 aromatic rings. The third-order valence-electron chi connectivity index (χ3n) is 7.70. The molecular weight excluding hydrogens is 524 g/mol. The first-order valence-electron chi connectivity index (χ1n) is 13.9. The monoisotopic (exact) mass is 558 g/mol. The molecule has 1 unspecified atom stereocenters. The highest BCUT2D eigenvalue weighted by molar-refractivity contribution is 5.90. The zero-order chi connectivity index (χ0) is 28.7. The number of carbonyl (C=O) groups excluding carboxylic acids is 2. The molecule has 0 aromatic carbocycles. The number of carboxylic acids is 1. The first-order valence-corrected chi connectivity index (χ1v) is 13.9. The van der Waals surface area contributed by atoms with Gasteiger partial charge in [0.15, 0.2) is 11.4 Å². The van der Waals surface area contributed by atoms with Crippen LogP contribution in [-0.2, 0) is 32.9 Å². The minimum atomic E-state index is -1.94. The summed E-state index contributed by atoms with van der Waals surface area (Å²) in [6.07, 6.45) is 13.6. The summed E-state index contributed by atoms with van der Waals surface area (Å²) in [5, 5.41) is 27.9. The van der Waals surface area contributed by atoms with E-state index in [0.29, 0.717) is 36.1 Å². The Morgan fingerprint density at radius 3 is 2.56 bits per heavy atom. The van der Waals surface area contributed by atoms with Gasteiger partial charge in [0.2, 0.25) is 11.8 Å². The molecule has 0 radical (unpaired) electrons. The van der Waals surface area contributed by atoms with Crippen LogP contribution in [0.25, 0.3) is 6.08 Å². The average molecular weight is 559 g/mol. The summed E-state index contributed by atoms with van der Waals surface area (Å²) in [7, 11) is 0. The van der Waals surface area contributed by atoms with Crippen molar-refractivity contribution in [2.75, 3.05) is 19.6 Å². The van der Waals surface area contributed by atoms with Crippen molar-refractivity contribution in [1.82, 2.24) is 40.7 Å². The lowest BCUT2D eigenvalue weighted by atomic mass is 9.89. The van der Waals surface area contributed by atoms with Gasteiger partial charge in [-0.05, 0) is 68.5 Å². The molecule has 12 heteroatoms. The predicted octanol–water partition coefficient (Wildman–Crippen LogP) is 1.41. The van der Waals surface area contributed by atoms with Crippen LogP contribution >= 0.6 is 0 Å². The molecule has 2 atom stereocenters. The molecule has 2 aliphatic heterocycles. The molecule has 41 heavy (non-hydrogen) atoms. The van der Waals surface area contributed by atoms with E-state index >= 15 is 0 Å². The highest BCUT2D eigenvalue weighted by Gasteiger charge is 2.43. The van der Waals surface area contributed by atoms with Gasteiger partial charge in [-0.2, -0.15) is 0 Å². The number of amides is 2. The lowest BCUT2D eigenvalue weighted by Gasteiger charge is -2.32. The number of pyridine rings is 2. The number of allylic oxidation sites excluding steroid dienone is 1. The lowest BCUT2D eigenvalue weighted by molar-refractivity contribution is -0.148. The third kappa shape index (κ3) is 6.49. The Kier molecular flexibility index (Phi) is 8.78. The van der Waals surface area contributed by atoms with Crippen LogP contribution in [0, 0.1) is 5.92 Å². The van der Waals surface area contributed by atoms with Crippen LogP contribution in [0.5, 0.6) is 0 Å². The van der Waals surface area contributed by atoms with Crippen LogP contribution < -0.4 is 16.0 Å². The van der Waals surface area contributed by atoms with Gasteiger partial charge < -0.3 is 25.6 Å². The van der Waals surface area contributed by atoms with Crippen LogP contribution in [-0.4, -0.2) is 67.3 Å². The molecule has 5 rings (SSSR count). The molecule has 1 saturated heterocycles. The number of nitrogens with zero attached hydrogens (tertiary/aromatic N) is 5. The molecule has 3 aromatic heterocycles. The summed E-state index contributed by atoms with van der Waals surface area (Å²) in [6, 6.07) is 6.59. The maximum Gasteiger partial charge on any atom is 0.336 e. The number of nitrogens with one attached hydrogen (secondary N) is 3. The Morgan fingerprint density at radius 2 is 1.85 bits per heavy atom. The fourth-order valence-corrected chi connectivity index (χ4v) is 5.43. The van der Waals surface area contributed by atoms with Crippen LogP contribution in [0.4, 0.5) is 0 Å². The van der Waals surface area contributed by atoms with Gasteiger partial charge in [0.05, 0.1) is 18.9 Å². The van der Waals surface area contributed by atoms with Gasteiger partial charge in [0, 0.05) is 36.9 Å². The van der Waals surface area contributed by atoms with Crippen molar-refractivity contribution >= 4 is 23.9 Å². The van der Waals surface area contributed by atoms with E-state index in [9.17, 15) is 19.5 Å². The molecule has 12 nitrogen and oxygen atoms in total. The van der Waals surface area contributed by atoms with Crippen molar-refractivity contribution in [2.45, 2.75) is 50.1 Å². The fourth-order valence-electron chi connectivity index (χ4n) is 5.43. The van der Waals surface area contributed by atoms with Crippen molar-refractivity contribution < 1.29 is 19.5 Å². The second-order valence-corrected chi connectivity index (χ2v) is 10.5. The predicted molar refractivity (Wildman–Crippen MR) is 149 cm³/mol. The molecule has 0 spiro atoms. The minimum absolute atomic E-state index is 0.0729. The molecule has 0 aliphatic carbocycles. The van der Waals surface area contributed by atoms with Gasteiger partial charge in [-0.3, -0.25) is 19.6 Å². The van der Waals surface area contributed by atoms with Gasteiger partial charge >= 0.3 is 5.97 Å². The molecule has 2 aliphatic rings. The van der Waals surface area contributed by atoms with Crippen LogP contribution in [0.3, 0.4) is 0 Å². The Morgan fingerprint density at radius 1 is 1.07 bits per heavy atom. The molecule has 5 heterocycles. The molecule has 2 amide bonds. The molecule has 4 N–H and O–H groups in total. The number of hydrogen-bond donors (Lipinski definition) is 4. The van der Waals surface area contributed by atoms with E-state index in [4.69, 9.17) is 0 Å². The topological polar surface area (TPSA) is 164 Å². The zero-order valence-electron chi connectivity index (χ0n) is 22.7. The quantitative estimate of drug-likeness (QED) is 0.288. The number of fused-ring (bicyclic) bond motifs is 1. The number of aromatic nitrogens is 5. The molecule has 0 saturated carbocycles. The average Bonchev–Trinajstić information content (AvgIpc) is 3.42. The Balaban J connectivity index is 1.33. The largest absolute Gasteiger partial charge is 0.479 e. The SMILES string of the molecule is O=C(Cc1cccnc1)N[C@@](CNC(=O)C1CCCn2c(/C=C/C3CCNCC3)nnc21)(C(=O)O)c1cccnc1. The summed E-state index contributed by atoms with van der Waals surface area (Å²) in [5.74, 6) is -1.05. The summed E-state index contributed by atoms with van der Waals surface area (Å²) >= 11 is 0. The zero-order valence-corrected chi connectivity index (χ0v) is 22.7. The number of piperidine rings is 1. The molecule has 0 bridgehead atoms. The first kappa shape index (κ1) is 28.1. The highest BCUT2D eigenvalue weighted by atomic mass is 16.4. The maximum atomic E-state index is 13.5. The van der Waals surface area contributed by atoms with Gasteiger partial charge in [-0.1, -0.05) is 18.2 Å². The Hall–Kier alpha value is -4.45. The number of aliphatic carboxylic acids is 1. The second kappa shape index (κ2) is 12.8. The summed E-state index contributed by atoms with van der Waals surface area (Å²) in [5.41, 5.74) is -1.07. The fraction of sp³-hybridized carbons (Fsp3) is 0.414. The molecule has 214 valence electrons. The van der Waals surface area contributed by atoms with Crippen molar-refractivity contribution in [3.63, 3.8) is 0 Å². The van der Waals surface area contributed by atoms with E-state index in [-0.39, 0.29) is 24.4 Å². The second-order valence-electron chi connectivity index (χ2n) is 10.5. The first-order chi connectivity index (χ1) is 20.0. The molecular formula is C29H34N8O4. The van der Waals surface area contributed by atoms with Crippen molar-refractivity contribution in [3.8, 4) is 0 Å². The van der Waals surface area contributed by atoms with Gasteiger partial charge in [-0.15, -0.1) is 10.2 Å². The van der Waals surface area contributed by atoms with Gasteiger partial charge in [0.25, 0.3) is 0 Å². The number of carboxylic acid groups (broad SMARTS) is 1. The standard InChI is InChI=1S/C29H34N8O4/c38-25(16-21-4-1-11-31-17-21)34-29(28(40)41,22-5-2-12-32-18-22)19-33-27(39)23-6-3-15-37-24(35-36-26(23)37)8-7-20-9-13-30-14-10-20/h1-2,4-5,7-8,11-12,17-18,20,23,30H,3,6,9-10,13-16,19H2,(H,33,39)(H,34,38)(H,40,41)/b8-7+/t23?,29-/m1/s1. The van der Waals surface area contributed by atoms with Crippen LogP contribution in [0.15, 0.2) is 55.1 Å². The van der Waals surface area contributed by atoms with Crippen molar-refractivity contribution in [2.24, 2.45) is 5.92 Å². The van der Waals surface area contributed by atoms with E-state index in [0.717, 1.165) is 32.4 Å². The van der Waals surface area contributed by atoms with E-state index in [1.54, 1.807) is 36.7 Å². The van der Waals surface area contributed by atoms with E-state index in [2.05, 4.69) is 42.2 Å². The summed E-state index contributed by atoms with van der Waals surface area (Å²) < 4.78 is 1.96. The van der Waals surface area contributed by atoms with Crippen molar-refractivity contribution in [1.29, 1.82) is 0 Å². The summed E-state index contributed by atoms with van der Waals surface area (Å²) in [6.45, 7) is 2.32. The Bertz CT molecular complexity index is 1390. The van der Waals surface area contributed by atoms with Gasteiger partial charge in [0.1, 0.15) is 5.82 Å². The van der Waals surface area contributed by atoms with Crippen LogP contribution in [0.2, 0.25) is 0 Å². The van der Waals surface area contributed by atoms with E-state index in [1.165, 1.54) is 12.4 Å². The lowest BCUT2D eigenvalue weighted by Crippen LogP contribution is -2.59. The third-order valence-corrected chi connectivity index (χ3v) is 7.70. The number of hydrogen-bond acceptors (Lipinski definition) is 8. The maximum absolute atomic E-state index is 13.5. The number of rotatable bonds is 10. The van der Waals surface area contributed by atoms with Gasteiger partial charge in [-0.25, -0.2) is 4.79 Å². The Labute approximate surface area is 237 Å². The minimum Gasteiger partial charge on any atom is -0.479 e. The van der Waals surface area contributed by atoms with E-state index in [1.807, 2.05) is 10.6 Å². The number of carbonyl (C=O) groups is 3. The normalized spacial score (nSPS) is 18.8. The highest BCUT2D eigenvalue weighted by Crippen LogP contribution is 2.28.